The van der Waals surface area contributed by atoms with Gasteiger partial charge in [0.05, 0.1) is 22.6 Å². The second kappa shape index (κ2) is 8.43. The number of ether oxygens (including phenoxy) is 1. The molecule has 2 aromatic rings. The van der Waals surface area contributed by atoms with Crippen LogP contribution in [-0.4, -0.2) is 25.0 Å². The first-order valence-corrected chi connectivity index (χ1v) is 9.04. The lowest BCUT2D eigenvalue weighted by Crippen LogP contribution is -2.37. The molecule has 0 radical (unpaired) electrons. The number of guanidine groups is 1. The first-order valence-electron chi connectivity index (χ1n) is 8.29. The van der Waals surface area contributed by atoms with Gasteiger partial charge in [-0.3, -0.25) is 9.79 Å². The molecule has 1 unspecified atom stereocenters. The van der Waals surface area contributed by atoms with Crippen molar-refractivity contribution in [2.75, 3.05) is 13.1 Å². The van der Waals surface area contributed by atoms with E-state index < -0.39 is 0 Å². The Morgan fingerprint density at radius 2 is 2.04 bits per heavy atom. The van der Waals surface area contributed by atoms with Crippen LogP contribution in [0, 0.1) is 0 Å². The van der Waals surface area contributed by atoms with Gasteiger partial charge in [0.25, 0.3) is 0 Å². The Hall–Kier alpha value is -2.24. The Morgan fingerprint density at radius 3 is 2.69 bits per heavy atom. The van der Waals surface area contributed by atoms with Crippen LogP contribution in [0.2, 0.25) is 10.0 Å². The monoisotopic (exact) mass is 391 g/mol. The van der Waals surface area contributed by atoms with Crippen molar-refractivity contribution in [1.29, 1.82) is 0 Å². The molecule has 136 valence electrons. The highest BCUT2D eigenvalue weighted by Gasteiger charge is 2.19. The summed E-state index contributed by atoms with van der Waals surface area (Å²) in [6.07, 6.45) is 0.668. The third kappa shape index (κ3) is 4.68. The molecule has 26 heavy (non-hydrogen) atoms. The third-order valence-electron chi connectivity index (χ3n) is 3.97. The maximum absolute atomic E-state index is 11.0. The lowest BCUT2D eigenvalue weighted by Gasteiger charge is -2.22. The third-order valence-corrected chi connectivity index (χ3v) is 4.80. The zero-order valence-corrected chi connectivity index (χ0v) is 15.8. The van der Waals surface area contributed by atoms with E-state index >= 15 is 0 Å². The predicted octanol–water partition coefficient (Wildman–Crippen LogP) is 3.75. The topological polar surface area (TPSA) is 62.7 Å². The summed E-state index contributed by atoms with van der Waals surface area (Å²) in [5, 5.41) is 7.66. The smallest absolute Gasteiger partial charge is 0.308 e. The number of nitrogens with one attached hydrogen (secondary N) is 2. The number of hydrogen-bond acceptors (Lipinski definition) is 5. The molecule has 0 saturated carbocycles. The number of carbonyl (C=O) groups is 1. The highest BCUT2D eigenvalue weighted by atomic mass is 35.5. The zero-order chi connectivity index (χ0) is 18.5. The lowest BCUT2D eigenvalue weighted by molar-refractivity contribution is -0.131. The van der Waals surface area contributed by atoms with Crippen molar-refractivity contribution < 1.29 is 9.53 Å². The minimum atomic E-state index is -0.340. The average Bonchev–Trinajstić information content (AvgIpc) is 3.11. The van der Waals surface area contributed by atoms with E-state index in [1.54, 1.807) is 18.2 Å². The summed E-state index contributed by atoms with van der Waals surface area (Å²) in [6, 6.07) is 12.9. The summed E-state index contributed by atoms with van der Waals surface area (Å²) in [7, 11) is 0. The fourth-order valence-electron chi connectivity index (χ4n) is 2.78. The van der Waals surface area contributed by atoms with Gasteiger partial charge in [-0.05, 0) is 35.7 Å². The molecule has 0 spiro atoms. The van der Waals surface area contributed by atoms with Crippen molar-refractivity contribution in [3.8, 4) is 5.75 Å². The van der Waals surface area contributed by atoms with Crippen LogP contribution in [0.4, 0.5) is 0 Å². The number of benzene rings is 2. The van der Waals surface area contributed by atoms with Crippen molar-refractivity contribution in [2.45, 2.75) is 19.4 Å². The van der Waals surface area contributed by atoms with Gasteiger partial charge in [-0.15, -0.1) is 0 Å². The Bertz CT molecular complexity index is 822. The molecule has 1 aliphatic heterocycles. The highest BCUT2D eigenvalue weighted by molar-refractivity contribution is 6.42. The molecule has 0 aromatic heterocycles. The van der Waals surface area contributed by atoms with Gasteiger partial charge in [0.1, 0.15) is 5.75 Å². The van der Waals surface area contributed by atoms with Gasteiger partial charge >= 0.3 is 5.97 Å². The first-order chi connectivity index (χ1) is 12.5. The molecule has 0 aliphatic carbocycles. The molecule has 1 aliphatic rings. The molecule has 3 rings (SSSR count). The zero-order valence-electron chi connectivity index (χ0n) is 14.3. The van der Waals surface area contributed by atoms with Crippen molar-refractivity contribution in [3.63, 3.8) is 0 Å². The van der Waals surface area contributed by atoms with E-state index in [9.17, 15) is 4.79 Å². The number of hydrogen-bond donors (Lipinski definition) is 2. The summed E-state index contributed by atoms with van der Waals surface area (Å²) < 4.78 is 5.08. The van der Waals surface area contributed by atoms with Gasteiger partial charge in [-0.2, -0.15) is 0 Å². The highest BCUT2D eigenvalue weighted by Crippen LogP contribution is 2.32. The fraction of sp³-hybridized carbons (Fsp3) is 0.263. The van der Waals surface area contributed by atoms with Crippen LogP contribution in [0.15, 0.2) is 47.5 Å². The SMILES string of the molecule is CC(=O)Oc1ccc(CC(NC2=NCCN2)c2cccc(Cl)c2Cl)cc1. The molecule has 7 heteroatoms. The molecule has 0 saturated heterocycles. The van der Waals surface area contributed by atoms with Crippen LogP contribution in [0.3, 0.4) is 0 Å². The van der Waals surface area contributed by atoms with Gasteiger partial charge in [-0.25, -0.2) is 0 Å². The molecule has 0 fully saturated rings. The van der Waals surface area contributed by atoms with Gasteiger partial charge in [0.15, 0.2) is 5.96 Å². The van der Waals surface area contributed by atoms with Gasteiger partial charge in [0, 0.05) is 13.5 Å². The van der Waals surface area contributed by atoms with Crippen LogP contribution in [-0.2, 0) is 11.2 Å². The summed E-state index contributed by atoms with van der Waals surface area (Å²) in [5.74, 6) is 0.935. The molecule has 2 N–H and O–H groups in total. The van der Waals surface area contributed by atoms with Gasteiger partial charge < -0.3 is 15.4 Å². The minimum Gasteiger partial charge on any atom is -0.427 e. The molecular weight excluding hydrogens is 373 g/mol. The van der Waals surface area contributed by atoms with E-state index in [1.807, 2.05) is 24.3 Å². The Morgan fingerprint density at radius 1 is 1.27 bits per heavy atom. The number of esters is 1. The Kier molecular flexibility index (Phi) is 6.01. The number of nitrogens with zero attached hydrogens (tertiary/aromatic N) is 1. The predicted molar refractivity (Wildman–Crippen MR) is 104 cm³/mol. The Labute approximate surface area is 162 Å². The first kappa shape index (κ1) is 18.5. The molecule has 0 bridgehead atoms. The lowest BCUT2D eigenvalue weighted by atomic mass is 9.98. The van der Waals surface area contributed by atoms with E-state index in [0.717, 1.165) is 30.2 Å². The second-order valence-corrected chi connectivity index (χ2v) is 6.72. The summed E-state index contributed by atoms with van der Waals surface area (Å²) in [5.41, 5.74) is 1.97. The molecule has 1 atom stereocenters. The van der Waals surface area contributed by atoms with Crippen LogP contribution in [0.1, 0.15) is 24.1 Å². The number of rotatable bonds is 5. The van der Waals surface area contributed by atoms with Crippen LogP contribution >= 0.6 is 23.2 Å². The molecular formula is C19H19Cl2N3O2. The average molecular weight is 392 g/mol. The number of halogens is 2. The molecule has 1 heterocycles. The van der Waals surface area contributed by atoms with Crippen molar-refractivity contribution in [2.24, 2.45) is 4.99 Å². The van der Waals surface area contributed by atoms with E-state index in [1.165, 1.54) is 6.92 Å². The van der Waals surface area contributed by atoms with Gasteiger partial charge in [0.2, 0.25) is 0 Å². The standard InChI is InChI=1S/C19H19Cl2N3O2/c1-12(25)26-14-7-5-13(6-8-14)11-17(24-19-22-9-10-23-19)15-3-2-4-16(20)18(15)21/h2-8,17H,9-11H2,1H3,(H2,22,23,24). The van der Waals surface area contributed by atoms with E-state index in [-0.39, 0.29) is 12.0 Å². The second-order valence-electron chi connectivity index (χ2n) is 5.94. The molecule has 2 aromatic carbocycles. The van der Waals surface area contributed by atoms with Crippen LogP contribution < -0.4 is 15.4 Å². The van der Waals surface area contributed by atoms with Gasteiger partial charge in [-0.1, -0.05) is 47.5 Å². The van der Waals surface area contributed by atoms with Crippen molar-refractivity contribution in [3.05, 3.63) is 63.6 Å². The molecule has 0 amide bonds. The molecule has 5 nitrogen and oxygen atoms in total. The van der Waals surface area contributed by atoms with E-state index in [4.69, 9.17) is 27.9 Å². The quantitative estimate of drug-likeness (QED) is 0.601. The normalized spacial score (nSPS) is 14.3. The van der Waals surface area contributed by atoms with Crippen molar-refractivity contribution >= 4 is 35.1 Å². The Balaban J connectivity index is 1.83. The summed E-state index contributed by atoms with van der Waals surface area (Å²) in [6.45, 7) is 2.94. The summed E-state index contributed by atoms with van der Waals surface area (Å²) in [4.78, 5) is 15.4. The maximum atomic E-state index is 11.0. The number of aliphatic imine (C=N–C) groups is 1. The fourth-order valence-corrected chi connectivity index (χ4v) is 3.22. The van der Waals surface area contributed by atoms with Crippen LogP contribution in [0.25, 0.3) is 0 Å². The van der Waals surface area contributed by atoms with Crippen molar-refractivity contribution in [1.82, 2.24) is 10.6 Å². The number of carbonyl (C=O) groups excluding carboxylic acids is 1. The summed E-state index contributed by atoms with van der Waals surface area (Å²) >= 11 is 12.6. The van der Waals surface area contributed by atoms with Crippen LogP contribution in [0.5, 0.6) is 5.75 Å². The van der Waals surface area contributed by atoms with E-state index in [2.05, 4.69) is 15.6 Å². The largest absolute Gasteiger partial charge is 0.427 e. The minimum absolute atomic E-state index is 0.106. The maximum Gasteiger partial charge on any atom is 0.308 e. The van der Waals surface area contributed by atoms with E-state index in [0.29, 0.717) is 22.2 Å².